The predicted molar refractivity (Wildman–Crippen MR) is 90.8 cm³/mol. The minimum atomic E-state index is -1.24. The molecule has 0 amide bonds. The van der Waals surface area contributed by atoms with Gasteiger partial charge in [-0.15, -0.1) is 11.8 Å². The number of rotatable bonds is 5. The summed E-state index contributed by atoms with van der Waals surface area (Å²) in [4.78, 5) is 12.9. The maximum atomic E-state index is 12.9. The van der Waals surface area contributed by atoms with E-state index in [9.17, 15) is 10.1 Å². The monoisotopic (exact) mass is 325 g/mol. The molecule has 1 fully saturated rings. The summed E-state index contributed by atoms with van der Waals surface area (Å²) in [5.41, 5.74) is 0.149. The lowest BCUT2D eigenvalue weighted by Crippen LogP contribution is -2.53. The Morgan fingerprint density at radius 1 is 1.29 bits per heavy atom. The quantitative estimate of drug-likeness (QED) is 0.777. The predicted octanol–water partition coefficient (Wildman–Crippen LogP) is 3.55. The fourth-order valence-electron chi connectivity index (χ4n) is 3.05. The van der Waals surface area contributed by atoms with Crippen LogP contribution in [0.25, 0.3) is 0 Å². The van der Waals surface area contributed by atoms with Crippen molar-refractivity contribution in [3.63, 3.8) is 0 Å². The van der Waals surface area contributed by atoms with E-state index in [1.165, 1.54) is 0 Å². The molecule has 1 saturated heterocycles. The summed E-state index contributed by atoms with van der Waals surface area (Å²) in [6.07, 6.45) is 1.60. The van der Waals surface area contributed by atoms with E-state index in [0.29, 0.717) is 37.2 Å². The minimum Gasteiger partial charge on any atom is -0.345 e. The van der Waals surface area contributed by atoms with Gasteiger partial charge in [-0.1, -0.05) is 18.2 Å². The molecular weight excluding hydrogens is 302 g/mol. The molecule has 4 heteroatoms. The lowest BCUT2D eigenvalue weighted by Gasteiger charge is -2.47. The van der Waals surface area contributed by atoms with Gasteiger partial charge < -0.3 is 9.47 Å². The topological polar surface area (TPSA) is 59.3 Å². The molecule has 2 rings (SSSR count). The molecule has 1 aliphatic rings. The summed E-state index contributed by atoms with van der Waals surface area (Å²) in [6, 6.07) is 9.35. The molecule has 1 heterocycles. The van der Waals surface area contributed by atoms with Gasteiger partial charge in [-0.2, -0.15) is 5.26 Å². The third-order valence-corrected chi connectivity index (χ3v) is 4.48. The van der Waals surface area contributed by atoms with Gasteiger partial charge in [0.1, 0.15) is 5.78 Å². The molecule has 1 aliphatic heterocycles. The summed E-state index contributed by atoms with van der Waals surface area (Å²) in [7, 11) is 0. The van der Waals surface area contributed by atoms with Crippen LogP contribution in [-0.2, 0) is 20.1 Å². The van der Waals surface area contributed by atoms with Crippen LogP contribution in [0.3, 0.4) is 0 Å². The van der Waals surface area contributed by atoms with Gasteiger partial charge >= 0.3 is 0 Å². The number of hydrogen-bond donors (Lipinski definition) is 0. The van der Waals surface area contributed by atoms with Crippen LogP contribution in [0.5, 0.6) is 0 Å². The first-order chi connectivity index (χ1) is 11.5. The third kappa shape index (κ3) is 3.22. The molecule has 0 radical (unpaired) electrons. The number of hydrogen-bond acceptors (Lipinski definition) is 4. The van der Waals surface area contributed by atoms with Gasteiger partial charge in [-0.3, -0.25) is 4.79 Å². The second-order valence-corrected chi connectivity index (χ2v) is 6.30. The lowest BCUT2D eigenvalue weighted by atomic mass is 9.73. The number of Topliss-reactive ketones (excluding diaryl/α,β-unsaturated/α-hetero) is 1. The van der Waals surface area contributed by atoms with Crippen molar-refractivity contribution in [2.24, 2.45) is 5.41 Å². The number of nitrogens with zero attached hydrogens (tertiary/aromatic N) is 1. The maximum Gasteiger partial charge on any atom is 0.208 e. The zero-order valence-electron chi connectivity index (χ0n) is 14.5. The molecule has 0 spiro atoms. The first-order valence-electron chi connectivity index (χ1n) is 8.20. The molecule has 0 atom stereocenters. The van der Waals surface area contributed by atoms with E-state index in [0.717, 1.165) is 6.42 Å². The van der Waals surface area contributed by atoms with E-state index < -0.39 is 11.2 Å². The van der Waals surface area contributed by atoms with Crippen LogP contribution in [0.2, 0.25) is 0 Å². The van der Waals surface area contributed by atoms with Gasteiger partial charge in [-0.05, 0) is 33.3 Å². The molecule has 1 aromatic rings. The Labute approximate surface area is 143 Å². The Hall–Kier alpha value is -2.14. The van der Waals surface area contributed by atoms with Gasteiger partial charge in [0.15, 0.2) is 0 Å². The van der Waals surface area contributed by atoms with Crippen LogP contribution in [0, 0.1) is 28.6 Å². The average Bonchev–Trinajstić information content (AvgIpc) is 2.62. The third-order valence-electron chi connectivity index (χ3n) is 4.48. The molecule has 0 bridgehead atoms. The number of carbonyl (C=O) groups is 1. The smallest absolute Gasteiger partial charge is 0.208 e. The highest BCUT2D eigenvalue weighted by atomic mass is 16.7. The maximum absolute atomic E-state index is 12.9. The molecule has 24 heavy (non-hydrogen) atoms. The Morgan fingerprint density at radius 3 is 2.58 bits per heavy atom. The fraction of sp³-hybridized carbons (Fsp3) is 0.500. The van der Waals surface area contributed by atoms with Crippen LogP contribution in [0.1, 0.15) is 51.2 Å². The first kappa shape index (κ1) is 18.2. The van der Waals surface area contributed by atoms with Crippen LogP contribution in [0.4, 0.5) is 0 Å². The van der Waals surface area contributed by atoms with E-state index in [1.54, 1.807) is 19.1 Å². The highest BCUT2D eigenvalue weighted by Crippen LogP contribution is 2.48. The number of carbonyl (C=O) groups excluding carboxylic acids is 1. The molecule has 1 aromatic carbocycles. The van der Waals surface area contributed by atoms with Crippen molar-refractivity contribution < 1.29 is 14.3 Å². The molecule has 0 N–H and O–H groups in total. The van der Waals surface area contributed by atoms with Crippen LogP contribution >= 0.6 is 0 Å². The standard InChI is InChI=1S/C20H23NO3/c1-4-5-6-12-18(22)19(2,3)20(23-13-9-14-24-20)17-11-8-7-10-16(17)15-21/h7-8,10-11H,6,9,12-14H2,1-3H3. The summed E-state index contributed by atoms with van der Waals surface area (Å²) < 4.78 is 12.1. The largest absolute Gasteiger partial charge is 0.345 e. The van der Waals surface area contributed by atoms with Crippen molar-refractivity contribution in [3.8, 4) is 17.9 Å². The number of nitriles is 1. The Morgan fingerprint density at radius 2 is 1.96 bits per heavy atom. The highest BCUT2D eigenvalue weighted by Gasteiger charge is 2.55. The molecule has 4 nitrogen and oxygen atoms in total. The van der Waals surface area contributed by atoms with Gasteiger partial charge in [0.05, 0.1) is 30.3 Å². The van der Waals surface area contributed by atoms with Gasteiger partial charge in [0.2, 0.25) is 5.79 Å². The van der Waals surface area contributed by atoms with E-state index >= 15 is 0 Å². The molecule has 0 unspecified atom stereocenters. The van der Waals surface area contributed by atoms with Crippen molar-refractivity contribution in [1.82, 2.24) is 0 Å². The fourth-order valence-corrected chi connectivity index (χ4v) is 3.05. The number of ether oxygens (including phenoxy) is 2. The molecular formula is C20H23NO3. The second-order valence-electron chi connectivity index (χ2n) is 6.30. The van der Waals surface area contributed by atoms with Crippen LogP contribution in [-0.4, -0.2) is 19.0 Å². The SMILES string of the molecule is CC#CCCC(=O)C(C)(C)C1(c2ccccc2C#N)OCCCO1. The van der Waals surface area contributed by atoms with Crippen LogP contribution in [0.15, 0.2) is 24.3 Å². The summed E-state index contributed by atoms with van der Waals surface area (Å²) in [5, 5.41) is 9.48. The van der Waals surface area contributed by atoms with Crippen molar-refractivity contribution >= 4 is 5.78 Å². The van der Waals surface area contributed by atoms with E-state index in [4.69, 9.17) is 9.47 Å². The highest BCUT2D eigenvalue weighted by molar-refractivity contribution is 5.85. The zero-order valence-corrected chi connectivity index (χ0v) is 14.5. The van der Waals surface area contributed by atoms with Gasteiger partial charge in [0.25, 0.3) is 0 Å². The minimum absolute atomic E-state index is 0.0138. The van der Waals surface area contributed by atoms with Gasteiger partial charge in [-0.25, -0.2) is 0 Å². The average molecular weight is 325 g/mol. The number of benzene rings is 1. The van der Waals surface area contributed by atoms with Crippen molar-refractivity contribution in [2.45, 2.75) is 45.8 Å². The zero-order chi connectivity index (χ0) is 17.6. The van der Waals surface area contributed by atoms with Crippen LogP contribution < -0.4 is 0 Å². The molecule has 0 aliphatic carbocycles. The van der Waals surface area contributed by atoms with E-state index in [2.05, 4.69) is 17.9 Å². The van der Waals surface area contributed by atoms with Crippen molar-refractivity contribution in [2.75, 3.05) is 13.2 Å². The lowest BCUT2D eigenvalue weighted by molar-refractivity contribution is -0.319. The summed E-state index contributed by atoms with van der Waals surface area (Å²) in [6.45, 7) is 6.40. The summed E-state index contributed by atoms with van der Waals surface area (Å²) in [5.74, 6) is 4.50. The van der Waals surface area contributed by atoms with E-state index in [-0.39, 0.29) is 5.78 Å². The number of ketones is 1. The van der Waals surface area contributed by atoms with Gasteiger partial charge in [0, 0.05) is 18.4 Å². The molecule has 0 saturated carbocycles. The normalized spacial score (nSPS) is 16.6. The Balaban J connectivity index is 2.48. The molecule has 126 valence electrons. The van der Waals surface area contributed by atoms with Crippen molar-refractivity contribution in [1.29, 1.82) is 5.26 Å². The molecule has 0 aromatic heterocycles. The van der Waals surface area contributed by atoms with Crippen molar-refractivity contribution in [3.05, 3.63) is 35.4 Å². The van der Waals surface area contributed by atoms with E-state index in [1.807, 2.05) is 26.0 Å². The first-order valence-corrected chi connectivity index (χ1v) is 8.20. The summed E-state index contributed by atoms with van der Waals surface area (Å²) >= 11 is 0. The Bertz CT molecular complexity index is 698. The second kappa shape index (κ2) is 7.62. The Kier molecular flexibility index (Phi) is 5.78.